The highest BCUT2D eigenvalue weighted by atomic mass is 32.2. The minimum absolute atomic E-state index is 0.0184. The van der Waals surface area contributed by atoms with Crippen molar-refractivity contribution in [2.75, 3.05) is 26.5 Å². The average Bonchev–Trinajstić information content (AvgIpc) is 2.95. The summed E-state index contributed by atoms with van der Waals surface area (Å²) < 4.78 is 1.91. The Morgan fingerprint density at radius 2 is 2.04 bits per heavy atom. The van der Waals surface area contributed by atoms with Crippen LogP contribution in [0.15, 0.2) is 29.3 Å². The minimum Gasteiger partial charge on any atom is -0.396 e. The Hall–Kier alpha value is -2.19. The van der Waals surface area contributed by atoms with Gasteiger partial charge in [-0.3, -0.25) is 14.6 Å². The van der Waals surface area contributed by atoms with Gasteiger partial charge in [-0.1, -0.05) is 29.8 Å². The summed E-state index contributed by atoms with van der Waals surface area (Å²) in [5.74, 6) is 0.639. The molecule has 7 nitrogen and oxygen atoms in total. The Morgan fingerprint density at radius 3 is 2.72 bits per heavy atom. The third kappa shape index (κ3) is 3.19. The van der Waals surface area contributed by atoms with Crippen molar-refractivity contribution in [1.29, 1.82) is 0 Å². The smallest absolute Gasteiger partial charge is 0.358 e. The molecule has 3 amide bonds. The highest BCUT2D eigenvalue weighted by Crippen LogP contribution is 2.24. The van der Waals surface area contributed by atoms with E-state index in [-0.39, 0.29) is 18.5 Å². The van der Waals surface area contributed by atoms with Crippen molar-refractivity contribution in [2.45, 2.75) is 19.5 Å². The maximum absolute atomic E-state index is 12.7. The lowest BCUT2D eigenvalue weighted by Gasteiger charge is -2.30. The number of hydrogen-bond donors (Lipinski definition) is 1. The number of urea groups is 1. The molecule has 2 aliphatic rings. The zero-order valence-electron chi connectivity index (χ0n) is 14.5. The number of amides is 3. The molecule has 8 heteroatoms. The predicted octanol–water partition coefficient (Wildman–Crippen LogP) is 0.894. The van der Waals surface area contributed by atoms with Crippen LogP contribution in [-0.4, -0.2) is 74.9 Å². The Bertz CT molecular complexity index is 790. The van der Waals surface area contributed by atoms with Gasteiger partial charge in [0.2, 0.25) is 0 Å². The van der Waals surface area contributed by atoms with Crippen LogP contribution in [0.1, 0.15) is 11.1 Å². The summed E-state index contributed by atoms with van der Waals surface area (Å²) in [7, 11) is 3.11. The van der Waals surface area contributed by atoms with Crippen LogP contribution < -0.4 is 0 Å². The van der Waals surface area contributed by atoms with E-state index in [1.807, 2.05) is 29.7 Å². The molecule has 1 atom stereocenters. The number of aliphatic imine (C=N–C) groups is 1. The van der Waals surface area contributed by atoms with Crippen molar-refractivity contribution >= 4 is 34.7 Å². The summed E-state index contributed by atoms with van der Waals surface area (Å²) >= 11 is 1.38. The van der Waals surface area contributed by atoms with E-state index in [9.17, 15) is 9.59 Å². The van der Waals surface area contributed by atoms with Gasteiger partial charge in [-0.15, -0.1) is 0 Å². The lowest BCUT2D eigenvalue weighted by Crippen LogP contribution is -2.61. The van der Waals surface area contributed by atoms with Crippen LogP contribution in [0, 0.1) is 6.92 Å². The molecule has 2 heterocycles. The topological polar surface area (TPSA) is 76.2 Å². The monoisotopic (exact) mass is 361 g/mol. The van der Waals surface area contributed by atoms with Crippen molar-refractivity contribution in [3.63, 3.8) is 0 Å². The molecule has 3 rings (SSSR count). The molecule has 1 fully saturated rings. The van der Waals surface area contributed by atoms with Gasteiger partial charge in [0.05, 0.1) is 6.61 Å². The Kier molecular flexibility index (Phi) is 4.91. The maximum Gasteiger partial charge on any atom is 0.358 e. The number of nitrogens with zero attached hydrogens (tertiary/aromatic N) is 4. The number of amidine groups is 2. The number of aliphatic hydroxyl groups is 1. The van der Waals surface area contributed by atoms with Gasteiger partial charge in [-0.05, 0) is 29.2 Å². The van der Waals surface area contributed by atoms with Gasteiger partial charge in [-0.2, -0.15) is 0 Å². The van der Waals surface area contributed by atoms with Gasteiger partial charge in [0.25, 0.3) is 17.8 Å². The van der Waals surface area contributed by atoms with Crippen molar-refractivity contribution in [2.24, 2.45) is 4.99 Å². The third-order valence-electron chi connectivity index (χ3n) is 4.25. The number of hydrogen-bond acceptors (Lipinski definition) is 5. The number of benzene rings is 1. The van der Waals surface area contributed by atoms with Gasteiger partial charge in [0.15, 0.2) is 0 Å². The molecule has 0 saturated carbocycles. The first-order chi connectivity index (χ1) is 11.9. The number of carbonyl (C=O) groups excluding carboxylic acids is 2. The molecule has 1 saturated heterocycles. The number of thioether (sulfide) groups is 1. The fraction of sp³-hybridized carbons (Fsp3) is 0.412. The first-order valence-corrected chi connectivity index (χ1v) is 8.99. The largest absolute Gasteiger partial charge is 0.396 e. The number of aryl methyl sites for hydroxylation is 1. The zero-order chi connectivity index (χ0) is 18.1. The number of imide groups is 1. The summed E-state index contributed by atoms with van der Waals surface area (Å²) in [4.78, 5) is 32.0. The van der Waals surface area contributed by atoms with E-state index in [1.165, 1.54) is 23.7 Å². The second kappa shape index (κ2) is 6.97. The van der Waals surface area contributed by atoms with Crippen molar-refractivity contribution in [3.05, 3.63) is 35.4 Å². The van der Waals surface area contributed by atoms with E-state index in [0.717, 1.165) is 16.0 Å². The van der Waals surface area contributed by atoms with Crippen molar-refractivity contribution in [1.82, 2.24) is 9.80 Å². The molecule has 1 unspecified atom stereocenters. The molecule has 0 aromatic heterocycles. The number of likely N-dealkylation sites (N-methyl/N-ethyl adjacent to an activating group) is 2. The Morgan fingerprint density at radius 1 is 1.28 bits per heavy atom. The molecule has 0 aliphatic carbocycles. The summed E-state index contributed by atoms with van der Waals surface area (Å²) in [6.07, 6.45) is 0. The molecular weight excluding hydrogens is 340 g/mol. The molecular formula is C17H21N4O3S+. The molecule has 1 N–H and O–H groups in total. The van der Waals surface area contributed by atoms with Gasteiger partial charge in [0.1, 0.15) is 6.54 Å². The van der Waals surface area contributed by atoms with Gasteiger partial charge >= 0.3 is 11.2 Å². The predicted molar refractivity (Wildman–Crippen MR) is 96.8 cm³/mol. The van der Waals surface area contributed by atoms with Crippen molar-refractivity contribution < 1.29 is 19.3 Å². The van der Waals surface area contributed by atoms with Gasteiger partial charge < -0.3 is 5.11 Å². The molecule has 0 radical (unpaired) electrons. The molecule has 1 aromatic carbocycles. The van der Waals surface area contributed by atoms with E-state index in [1.54, 1.807) is 7.05 Å². The fourth-order valence-electron chi connectivity index (χ4n) is 2.99. The number of rotatable bonds is 4. The summed E-state index contributed by atoms with van der Waals surface area (Å²) in [5, 5.41) is 9.80. The van der Waals surface area contributed by atoms with Crippen LogP contribution in [0.25, 0.3) is 0 Å². The van der Waals surface area contributed by atoms with E-state index in [4.69, 9.17) is 5.11 Å². The Balaban J connectivity index is 1.99. The van der Waals surface area contributed by atoms with E-state index in [0.29, 0.717) is 23.3 Å². The molecule has 0 bridgehead atoms. The lowest BCUT2D eigenvalue weighted by atomic mass is 10.1. The second-order valence-electron chi connectivity index (χ2n) is 6.08. The standard InChI is InChI=1S/C17H21N4O3S/c1-11-5-4-6-12(9-11)10-21-13-14(18-16(21)25-8-7-22)19(2)17(24)20(3)15(13)23/h4-6,9,13,22H,7-8,10H2,1-3H3/q+1. The normalized spacial score (nSPS) is 20.3. The van der Waals surface area contributed by atoms with Crippen LogP contribution >= 0.6 is 11.8 Å². The molecule has 2 aliphatic heterocycles. The fourth-order valence-corrected chi connectivity index (χ4v) is 3.76. The second-order valence-corrected chi connectivity index (χ2v) is 7.15. The SMILES string of the molecule is Cc1cccc(C[N+]2=C(SCCO)N=C3C2C(=O)N(C)C(=O)N3C)c1. The zero-order valence-corrected chi connectivity index (χ0v) is 15.3. The quantitative estimate of drug-likeness (QED) is 0.809. The highest BCUT2D eigenvalue weighted by molar-refractivity contribution is 8.13. The van der Waals surface area contributed by atoms with E-state index >= 15 is 0 Å². The van der Waals surface area contributed by atoms with Crippen LogP contribution in [0.4, 0.5) is 4.79 Å². The van der Waals surface area contributed by atoms with Crippen LogP contribution in [0.3, 0.4) is 0 Å². The number of fused-ring (bicyclic) bond motifs is 1. The molecule has 1 aromatic rings. The first kappa shape index (κ1) is 17.6. The van der Waals surface area contributed by atoms with E-state index < -0.39 is 6.04 Å². The first-order valence-electron chi connectivity index (χ1n) is 8.00. The maximum atomic E-state index is 12.7. The minimum atomic E-state index is -0.616. The lowest BCUT2D eigenvalue weighted by molar-refractivity contribution is -0.548. The van der Waals surface area contributed by atoms with Crippen LogP contribution in [0.2, 0.25) is 0 Å². The Labute approximate surface area is 150 Å². The van der Waals surface area contributed by atoms with Crippen LogP contribution in [-0.2, 0) is 11.3 Å². The van der Waals surface area contributed by atoms with Crippen molar-refractivity contribution in [3.8, 4) is 0 Å². The van der Waals surface area contributed by atoms with Gasteiger partial charge in [0, 0.05) is 19.8 Å². The summed E-state index contributed by atoms with van der Waals surface area (Å²) in [5.41, 5.74) is 2.20. The number of aliphatic hydroxyl groups excluding tert-OH is 1. The summed E-state index contributed by atoms with van der Waals surface area (Å²) in [6, 6.07) is 7.07. The molecule has 25 heavy (non-hydrogen) atoms. The third-order valence-corrected chi connectivity index (χ3v) is 5.22. The average molecular weight is 361 g/mol. The number of carbonyl (C=O) groups is 2. The van der Waals surface area contributed by atoms with Crippen LogP contribution in [0.5, 0.6) is 0 Å². The molecule has 0 spiro atoms. The summed E-state index contributed by atoms with van der Waals surface area (Å²) in [6.45, 7) is 2.55. The highest BCUT2D eigenvalue weighted by Gasteiger charge is 2.53. The molecule has 132 valence electrons. The van der Waals surface area contributed by atoms with E-state index in [2.05, 4.69) is 11.1 Å². The van der Waals surface area contributed by atoms with Gasteiger partial charge in [-0.25, -0.2) is 9.37 Å².